The maximum Gasteiger partial charge on any atom is 0.251 e. The third-order valence-electron chi connectivity index (χ3n) is 8.37. The monoisotopic (exact) mass is 542 g/mol. The van der Waals surface area contributed by atoms with Crippen molar-refractivity contribution in [1.82, 2.24) is 10.2 Å². The molecule has 3 aliphatic rings. The Morgan fingerprint density at radius 2 is 1.73 bits per heavy atom. The minimum absolute atomic E-state index is 0. The Morgan fingerprint density at radius 1 is 0.950 bits per heavy atom. The average molecular weight is 543 g/mol. The molecule has 7 nitrogen and oxygen atoms in total. The second-order valence-electron chi connectivity index (χ2n) is 11.0. The quantitative estimate of drug-likeness (QED) is 0.366. The number of nitrogens with zero attached hydrogens (tertiary/aromatic N) is 1. The summed E-state index contributed by atoms with van der Waals surface area (Å²) in [7, 11) is 0. The van der Waals surface area contributed by atoms with Gasteiger partial charge in [-0.15, -0.1) is 0 Å². The standard InChI is InChI=1S/C33H36N2O5.H2/c1-23-3-4-24(20-31(36)33(11-12-33)27-9-10-29-30(21-27)40-22-39-29)19-28(23)25-5-7-26(8-6-25)32(37)34-13-2-14-35-15-17-38-18-16-35;/h3-10,19,21H,2,11-18,20,22H2,1H3,(H,34,37);1H. The SMILES string of the molecule is Cc1ccc(CC(=O)C2(c3ccc4c(c3)OCO4)CC2)cc1-c1ccc(C(=O)NCCCN2CCOCC2)cc1.[HH]. The maximum absolute atomic E-state index is 13.5. The number of Topliss-reactive ketones (excluding diaryl/α,β-unsaturated/α-hetero) is 1. The highest BCUT2D eigenvalue weighted by Gasteiger charge is 2.50. The van der Waals surface area contributed by atoms with Gasteiger partial charge >= 0.3 is 0 Å². The first-order valence-corrected chi connectivity index (χ1v) is 14.2. The molecule has 7 heteroatoms. The van der Waals surface area contributed by atoms with Crippen LogP contribution in [0.4, 0.5) is 0 Å². The largest absolute Gasteiger partial charge is 0.454 e. The lowest BCUT2D eigenvalue weighted by molar-refractivity contribution is -0.120. The second-order valence-corrected chi connectivity index (χ2v) is 11.0. The first-order chi connectivity index (χ1) is 19.5. The van der Waals surface area contributed by atoms with E-state index in [2.05, 4.69) is 29.3 Å². The summed E-state index contributed by atoms with van der Waals surface area (Å²) in [6.07, 6.45) is 3.03. The first kappa shape index (κ1) is 26.5. The third kappa shape index (κ3) is 5.62. The lowest BCUT2D eigenvalue weighted by Crippen LogP contribution is -2.38. The fraction of sp³-hybridized carbons (Fsp3) is 0.394. The van der Waals surface area contributed by atoms with Gasteiger partial charge in [-0.05, 0) is 84.8 Å². The number of benzene rings is 3. The molecule has 210 valence electrons. The predicted octanol–water partition coefficient (Wildman–Crippen LogP) is 4.93. The number of aryl methyl sites for hydroxylation is 1. The van der Waals surface area contributed by atoms with Gasteiger partial charge in [-0.2, -0.15) is 0 Å². The van der Waals surface area contributed by atoms with Crippen LogP contribution in [0.1, 0.15) is 47.7 Å². The Labute approximate surface area is 236 Å². The molecule has 3 aromatic rings. The number of rotatable bonds is 10. The maximum atomic E-state index is 13.5. The van der Waals surface area contributed by atoms with Crippen LogP contribution in [-0.2, 0) is 21.4 Å². The van der Waals surface area contributed by atoms with E-state index in [1.165, 1.54) is 0 Å². The fourth-order valence-electron chi connectivity index (χ4n) is 5.72. The topological polar surface area (TPSA) is 77.1 Å². The van der Waals surface area contributed by atoms with E-state index in [0.29, 0.717) is 18.5 Å². The molecule has 1 amide bonds. The number of amides is 1. The lowest BCUT2D eigenvalue weighted by atomic mass is 9.87. The zero-order chi connectivity index (χ0) is 27.5. The number of morpholine rings is 1. The van der Waals surface area contributed by atoms with Crippen molar-refractivity contribution in [3.05, 3.63) is 82.9 Å². The number of carbonyl (C=O) groups is 2. The normalized spacial score (nSPS) is 17.4. The summed E-state index contributed by atoms with van der Waals surface area (Å²) in [6.45, 7) is 7.44. The van der Waals surface area contributed by atoms with Crippen LogP contribution in [0.5, 0.6) is 11.5 Å². The van der Waals surface area contributed by atoms with Crippen molar-refractivity contribution >= 4 is 11.7 Å². The summed E-state index contributed by atoms with van der Waals surface area (Å²) >= 11 is 0. The Hall–Kier alpha value is -3.68. The summed E-state index contributed by atoms with van der Waals surface area (Å²) in [6, 6.07) is 19.9. The Morgan fingerprint density at radius 3 is 2.50 bits per heavy atom. The smallest absolute Gasteiger partial charge is 0.251 e. The Bertz CT molecular complexity index is 1400. The number of hydrogen-bond donors (Lipinski definition) is 1. The van der Waals surface area contributed by atoms with Crippen LogP contribution in [0, 0.1) is 6.92 Å². The molecule has 1 N–H and O–H groups in total. The molecule has 0 bridgehead atoms. The van der Waals surface area contributed by atoms with Gasteiger partial charge in [-0.25, -0.2) is 0 Å². The van der Waals surface area contributed by atoms with Crippen molar-refractivity contribution in [2.75, 3.05) is 46.2 Å². The number of hydrogen-bond acceptors (Lipinski definition) is 6. The first-order valence-electron chi connectivity index (χ1n) is 14.2. The summed E-state index contributed by atoms with van der Waals surface area (Å²) in [5, 5.41) is 3.04. The van der Waals surface area contributed by atoms with Crippen molar-refractivity contribution < 1.29 is 25.2 Å². The minimum Gasteiger partial charge on any atom is -0.454 e. The molecule has 2 heterocycles. The van der Waals surface area contributed by atoms with Crippen LogP contribution in [-0.4, -0.2) is 62.8 Å². The van der Waals surface area contributed by atoms with Crippen LogP contribution >= 0.6 is 0 Å². The molecule has 0 atom stereocenters. The van der Waals surface area contributed by atoms with Crippen molar-refractivity contribution in [3.63, 3.8) is 0 Å². The Kier molecular flexibility index (Phi) is 7.59. The van der Waals surface area contributed by atoms with E-state index in [-0.39, 0.29) is 19.9 Å². The van der Waals surface area contributed by atoms with Gasteiger partial charge in [0.05, 0.1) is 18.6 Å². The zero-order valence-electron chi connectivity index (χ0n) is 23.0. The minimum atomic E-state index is -0.427. The molecule has 3 aromatic carbocycles. The van der Waals surface area contributed by atoms with E-state index in [1.54, 1.807) is 0 Å². The molecular formula is C33H38N2O5. The number of ether oxygens (including phenoxy) is 3. The van der Waals surface area contributed by atoms with Crippen molar-refractivity contribution in [2.24, 2.45) is 0 Å². The highest BCUT2D eigenvalue weighted by molar-refractivity contribution is 5.95. The van der Waals surface area contributed by atoms with Crippen LogP contribution < -0.4 is 14.8 Å². The van der Waals surface area contributed by atoms with E-state index in [4.69, 9.17) is 14.2 Å². The Balaban J connectivity index is 0.00000337. The fourth-order valence-corrected chi connectivity index (χ4v) is 5.72. The molecule has 0 unspecified atom stereocenters. The van der Waals surface area contributed by atoms with Crippen molar-refractivity contribution in [1.29, 1.82) is 0 Å². The van der Waals surface area contributed by atoms with Crippen LogP contribution in [0.2, 0.25) is 0 Å². The van der Waals surface area contributed by atoms with E-state index in [9.17, 15) is 9.59 Å². The van der Waals surface area contributed by atoms with Crippen LogP contribution in [0.15, 0.2) is 60.7 Å². The molecule has 1 saturated carbocycles. The van der Waals surface area contributed by atoms with E-state index < -0.39 is 5.41 Å². The number of fused-ring (bicyclic) bond motifs is 1. The van der Waals surface area contributed by atoms with Gasteiger partial charge in [-0.3, -0.25) is 14.5 Å². The summed E-state index contributed by atoms with van der Waals surface area (Å²) in [4.78, 5) is 28.6. The van der Waals surface area contributed by atoms with Gasteiger partial charge in [-0.1, -0.05) is 36.4 Å². The number of nitrogens with one attached hydrogen (secondary N) is 1. The van der Waals surface area contributed by atoms with Crippen molar-refractivity contribution in [2.45, 2.75) is 38.0 Å². The van der Waals surface area contributed by atoms with Gasteiger partial charge < -0.3 is 19.5 Å². The highest BCUT2D eigenvalue weighted by Crippen LogP contribution is 2.51. The van der Waals surface area contributed by atoms with E-state index >= 15 is 0 Å². The van der Waals surface area contributed by atoms with Gasteiger partial charge in [0.15, 0.2) is 11.5 Å². The third-order valence-corrected chi connectivity index (χ3v) is 8.37. The lowest BCUT2D eigenvalue weighted by Gasteiger charge is -2.26. The van der Waals surface area contributed by atoms with Crippen LogP contribution in [0.3, 0.4) is 0 Å². The molecule has 0 aromatic heterocycles. The second kappa shape index (κ2) is 11.4. The van der Waals surface area contributed by atoms with Gasteiger partial charge in [0.1, 0.15) is 5.78 Å². The van der Waals surface area contributed by atoms with Gasteiger partial charge in [0.25, 0.3) is 5.91 Å². The zero-order valence-corrected chi connectivity index (χ0v) is 23.0. The summed E-state index contributed by atoms with van der Waals surface area (Å²) in [5.74, 6) is 1.64. The van der Waals surface area contributed by atoms with Crippen molar-refractivity contribution in [3.8, 4) is 22.6 Å². The molecule has 2 fully saturated rings. The number of carbonyl (C=O) groups excluding carboxylic acids is 2. The molecule has 0 radical (unpaired) electrons. The molecule has 2 aliphatic heterocycles. The van der Waals surface area contributed by atoms with Gasteiger partial charge in [0.2, 0.25) is 6.79 Å². The summed E-state index contributed by atoms with van der Waals surface area (Å²) < 4.78 is 16.4. The highest BCUT2D eigenvalue weighted by atomic mass is 16.7. The molecule has 0 spiro atoms. The van der Waals surface area contributed by atoms with Gasteiger partial charge in [0, 0.05) is 33.0 Å². The molecular weight excluding hydrogens is 504 g/mol. The number of ketones is 1. The molecule has 1 aliphatic carbocycles. The molecule has 1 saturated heterocycles. The summed E-state index contributed by atoms with van der Waals surface area (Å²) in [5.41, 5.74) is 5.49. The average Bonchev–Trinajstić information content (AvgIpc) is 3.67. The predicted molar refractivity (Wildman–Crippen MR) is 155 cm³/mol. The van der Waals surface area contributed by atoms with E-state index in [1.807, 2.05) is 48.5 Å². The molecule has 6 rings (SSSR count). The van der Waals surface area contributed by atoms with Crippen LogP contribution in [0.25, 0.3) is 11.1 Å². The molecule has 40 heavy (non-hydrogen) atoms. The van der Waals surface area contributed by atoms with E-state index in [0.717, 1.165) is 91.4 Å².